The van der Waals surface area contributed by atoms with E-state index in [0.29, 0.717) is 18.7 Å². The van der Waals surface area contributed by atoms with Crippen molar-refractivity contribution in [3.05, 3.63) is 46.6 Å². The molecule has 0 bridgehead atoms. The molecular weight excluding hydrogens is 402 g/mol. The number of aromatic nitrogens is 2. The summed E-state index contributed by atoms with van der Waals surface area (Å²) in [6.07, 6.45) is 5.03. The van der Waals surface area contributed by atoms with Gasteiger partial charge in [-0.3, -0.25) is 4.79 Å². The molecule has 1 N–H and O–H groups in total. The van der Waals surface area contributed by atoms with Crippen molar-refractivity contribution in [1.82, 2.24) is 15.3 Å². The predicted octanol–water partition coefficient (Wildman–Crippen LogP) is 5.01. The lowest BCUT2D eigenvalue weighted by molar-refractivity contribution is 0.0934. The van der Waals surface area contributed by atoms with Crippen LogP contribution in [0.5, 0.6) is 0 Å². The topological polar surface area (TPSA) is 64.1 Å². The molecule has 0 atom stereocenters. The second-order valence-corrected chi connectivity index (χ2v) is 9.60. The van der Waals surface area contributed by atoms with Gasteiger partial charge < -0.3 is 10.1 Å². The first-order chi connectivity index (χ1) is 14.1. The van der Waals surface area contributed by atoms with E-state index in [1.807, 2.05) is 24.3 Å². The fourth-order valence-corrected chi connectivity index (χ4v) is 5.22. The third-order valence-electron chi connectivity index (χ3n) is 5.07. The number of aryl methyl sites for hydroxylation is 2. The van der Waals surface area contributed by atoms with Crippen molar-refractivity contribution in [2.45, 2.75) is 43.0 Å². The molecule has 1 aromatic carbocycles. The van der Waals surface area contributed by atoms with Gasteiger partial charge in [-0.25, -0.2) is 9.97 Å². The van der Waals surface area contributed by atoms with Gasteiger partial charge in [0.15, 0.2) is 0 Å². The Morgan fingerprint density at radius 1 is 1.28 bits per heavy atom. The molecule has 3 aromatic rings. The van der Waals surface area contributed by atoms with Crippen molar-refractivity contribution >= 4 is 39.2 Å². The van der Waals surface area contributed by atoms with Crippen LogP contribution in [-0.2, 0) is 4.74 Å². The van der Waals surface area contributed by atoms with Crippen LogP contribution < -0.4 is 5.32 Å². The van der Waals surface area contributed by atoms with Crippen LogP contribution in [0.15, 0.2) is 40.5 Å². The molecule has 1 aliphatic rings. The first kappa shape index (κ1) is 20.3. The van der Waals surface area contributed by atoms with Crippen LogP contribution in [0.1, 0.15) is 40.1 Å². The summed E-state index contributed by atoms with van der Waals surface area (Å²) in [5.41, 5.74) is 1.88. The molecule has 1 saturated carbocycles. The zero-order chi connectivity index (χ0) is 20.2. The maximum Gasteiger partial charge on any atom is 0.252 e. The first-order valence-corrected chi connectivity index (χ1v) is 11.6. The molecule has 0 unspecified atom stereocenters. The summed E-state index contributed by atoms with van der Waals surface area (Å²) in [5.74, 6) is 0.719. The molecule has 0 radical (unpaired) electrons. The van der Waals surface area contributed by atoms with Crippen molar-refractivity contribution in [3.8, 4) is 0 Å². The summed E-state index contributed by atoms with van der Waals surface area (Å²) in [4.78, 5) is 24.8. The Kier molecular flexibility index (Phi) is 6.47. The average Bonchev–Trinajstić information content (AvgIpc) is 3.50. The minimum Gasteiger partial charge on any atom is -0.381 e. The van der Waals surface area contributed by atoms with Gasteiger partial charge in [0, 0.05) is 34.9 Å². The lowest BCUT2D eigenvalue weighted by atomic mass is 10.2. The van der Waals surface area contributed by atoms with Gasteiger partial charge in [-0.05, 0) is 56.7 Å². The Morgan fingerprint density at radius 3 is 2.93 bits per heavy atom. The lowest BCUT2D eigenvalue weighted by Crippen LogP contribution is -2.25. The van der Waals surface area contributed by atoms with Crippen LogP contribution in [0.3, 0.4) is 0 Å². The van der Waals surface area contributed by atoms with E-state index in [4.69, 9.17) is 4.74 Å². The Balaban J connectivity index is 1.42. The van der Waals surface area contributed by atoms with Gasteiger partial charge in [-0.15, -0.1) is 11.3 Å². The fourth-order valence-electron chi connectivity index (χ4n) is 3.08. The van der Waals surface area contributed by atoms with E-state index in [2.05, 4.69) is 29.1 Å². The number of amides is 1. The molecule has 4 rings (SSSR count). The number of carbonyl (C=O) groups is 1. The molecule has 2 heterocycles. The van der Waals surface area contributed by atoms with E-state index in [-0.39, 0.29) is 5.91 Å². The van der Waals surface area contributed by atoms with Crippen molar-refractivity contribution in [2.24, 2.45) is 5.92 Å². The molecule has 29 heavy (non-hydrogen) atoms. The Labute approximate surface area is 179 Å². The summed E-state index contributed by atoms with van der Waals surface area (Å²) in [6.45, 7) is 6.38. The zero-order valence-corrected chi connectivity index (χ0v) is 18.4. The van der Waals surface area contributed by atoms with Crippen LogP contribution in [0.25, 0.3) is 10.2 Å². The van der Waals surface area contributed by atoms with Crippen LogP contribution >= 0.6 is 23.1 Å². The van der Waals surface area contributed by atoms with Crippen LogP contribution in [0.2, 0.25) is 0 Å². The number of carbonyl (C=O) groups excluding carboxylic acids is 1. The fraction of sp³-hybridized carbons (Fsp3) is 0.409. The molecule has 152 valence electrons. The Hall–Kier alpha value is -1.96. The van der Waals surface area contributed by atoms with E-state index >= 15 is 0 Å². The third-order valence-corrected chi connectivity index (χ3v) is 7.26. The van der Waals surface area contributed by atoms with Gasteiger partial charge in [0.1, 0.15) is 16.2 Å². The maximum atomic E-state index is 12.7. The molecule has 0 saturated heterocycles. The molecule has 2 aromatic heterocycles. The monoisotopic (exact) mass is 427 g/mol. The van der Waals surface area contributed by atoms with Crippen LogP contribution in [-0.4, -0.2) is 35.6 Å². The second-order valence-electron chi connectivity index (χ2n) is 7.37. The van der Waals surface area contributed by atoms with E-state index in [1.165, 1.54) is 35.0 Å². The summed E-state index contributed by atoms with van der Waals surface area (Å²) >= 11 is 3.21. The number of ether oxygens (including phenoxy) is 1. The van der Waals surface area contributed by atoms with Gasteiger partial charge >= 0.3 is 0 Å². The van der Waals surface area contributed by atoms with Crippen LogP contribution in [0.4, 0.5) is 0 Å². The van der Waals surface area contributed by atoms with Gasteiger partial charge in [-0.2, -0.15) is 0 Å². The summed E-state index contributed by atoms with van der Waals surface area (Å²) in [7, 11) is 0. The molecular formula is C22H25N3O2S2. The lowest BCUT2D eigenvalue weighted by Gasteiger charge is -2.10. The maximum absolute atomic E-state index is 12.7. The predicted molar refractivity (Wildman–Crippen MR) is 118 cm³/mol. The number of benzene rings is 1. The second kappa shape index (κ2) is 9.24. The SMILES string of the molecule is Cc1sc2ncnc(Sc3ccccc3C(=O)NCCCOCC3CC3)c2c1C. The number of nitrogens with one attached hydrogen (secondary N) is 1. The highest BCUT2D eigenvalue weighted by Gasteiger charge is 2.21. The first-order valence-electron chi connectivity index (χ1n) is 9.97. The molecule has 1 fully saturated rings. The number of rotatable bonds is 9. The van der Waals surface area contributed by atoms with E-state index in [1.54, 1.807) is 17.7 Å². The molecule has 7 heteroatoms. The highest BCUT2D eigenvalue weighted by atomic mass is 32.2. The van der Waals surface area contributed by atoms with Gasteiger partial charge in [-0.1, -0.05) is 23.9 Å². The highest BCUT2D eigenvalue weighted by molar-refractivity contribution is 7.99. The van der Waals surface area contributed by atoms with Gasteiger partial charge in [0.25, 0.3) is 5.91 Å². The number of hydrogen-bond donors (Lipinski definition) is 1. The molecule has 0 aliphatic heterocycles. The Morgan fingerprint density at radius 2 is 2.10 bits per heavy atom. The van der Waals surface area contributed by atoms with Crippen molar-refractivity contribution < 1.29 is 9.53 Å². The standard InChI is InChI=1S/C22H25N3O2S2/c1-14-15(2)28-21-19(14)22(25-13-24-21)29-18-7-4-3-6-17(18)20(26)23-10-5-11-27-12-16-8-9-16/h3-4,6-7,13,16H,5,8-12H2,1-2H3,(H,23,26). The van der Waals surface area contributed by atoms with Crippen molar-refractivity contribution in [2.75, 3.05) is 19.8 Å². The molecule has 0 spiro atoms. The van der Waals surface area contributed by atoms with Gasteiger partial charge in [0.2, 0.25) is 0 Å². The van der Waals surface area contributed by atoms with E-state index in [9.17, 15) is 4.79 Å². The smallest absolute Gasteiger partial charge is 0.252 e. The summed E-state index contributed by atoms with van der Waals surface area (Å²) < 4.78 is 5.63. The summed E-state index contributed by atoms with van der Waals surface area (Å²) in [6, 6.07) is 7.69. The van der Waals surface area contributed by atoms with Crippen molar-refractivity contribution in [1.29, 1.82) is 0 Å². The minimum atomic E-state index is -0.0567. The highest BCUT2D eigenvalue weighted by Crippen LogP contribution is 2.38. The number of nitrogens with zero attached hydrogens (tertiary/aromatic N) is 2. The number of fused-ring (bicyclic) bond motifs is 1. The molecule has 5 nitrogen and oxygen atoms in total. The molecule has 1 amide bonds. The van der Waals surface area contributed by atoms with Crippen molar-refractivity contribution in [3.63, 3.8) is 0 Å². The average molecular weight is 428 g/mol. The van der Waals surface area contributed by atoms with Gasteiger partial charge in [0.05, 0.1) is 5.56 Å². The largest absolute Gasteiger partial charge is 0.381 e. The van der Waals surface area contributed by atoms with E-state index in [0.717, 1.165) is 39.1 Å². The normalized spacial score (nSPS) is 13.7. The minimum absolute atomic E-state index is 0.0567. The number of hydrogen-bond acceptors (Lipinski definition) is 6. The molecule has 1 aliphatic carbocycles. The van der Waals surface area contributed by atoms with Crippen LogP contribution in [0, 0.1) is 19.8 Å². The van der Waals surface area contributed by atoms with E-state index < -0.39 is 0 Å². The Bertz CT molecular complexity index is 1010. The zero-order valence-electron chi connectivity index (χ0n) is 16.7. The quantitative estimate of drug-likeness (QED) is 0.384. The summed E-state index contributed by atoms with van der Waals surface area (Å²) in [5, 5.41) is 5.00. The third kappa shape index (κ3) is 4.97. The number of thiophene rings is 1.